The summed E-state index contributed by atoms with van der Waals surface area (Å²) in [6, 6.07) is 14.5. The average Bonchev–Trinajstić information content (AvgIpc) is 3.51. The molecule has 0 aliphatic heterocycles. The number of aromatic carboxylic acids is 1. The molecule has 210 valence electrons. The number of hydrogen-bond acceptors (Lipinski definition) is 8. The minimum Gasteiger partial charge on any atom is -0.477 e. The van der Waals surface area contributed by atoms with Crippen molar-refractivity contribution >= 4 is 45.7 Å². The lowest BCUT2D eigenvalue weighted by Crippen LogP contribution is -2.37. The van der Waals surface area contributed by atoms with Gasteiger partial charge in [0, 0.05) is 35.5 Å². The topological polar surface area (TPSA) is 152 Å². The number of ether oxygens (including phenoxy) is 1. The molecule has 11 nitrogen and oxygen atoms in total. The zero-order chi connectivity index (χ0) is 29.9. The number of non-ortho nitro benzene ring substituents is 1. The normalized spacial score (nSPS) is 11.1. The molecule has 0 fully saturated rings. The molecule has 13 heteroatoms. The number of carboxylic acid groups (broad SMARTS) is 1. The Labute approximate surface area is 244 Å². The second kappa shape index (κ2) is 11.8. The van der Waals surface area contributed by atoms with Crippen LogP contribution < -0.4 is 4.90 Å². The number of benzene rings is 2. The Balaban J connectivity index is 1.79. The van der Waals surface area contributed by atoms with Crippen LogP contribution in [0, 0.1) is 21.4 Å². The molecule has 0 radical (unpaired) electrons. The Kier molecular flexibility index (Phi) is 8.41. The number of aromatic nitrogens is 2. The van der Waals surface area contributed by atoms with Gasteiger partial charge in [-0.25, -0.2) is 14.6 Å². The molecule has 2 aromatic heterocycles. The van der Waals surface area contributed by atoms with Gasteiger partial charge in [-0.05, 0) is 44.0 Å². The lowest BCUT2D eigenvalue weighted by Gasteiger charge is -2.27. The Hall–Kier alpha value is -4.73. The molecule has 0 bridgehead atoms. The molecule has 0 saturated carbocycles. The number of nitro benzene ring substituents is 1. The Morgan fingerprint density at radius 2 is 1.85 bits per heavy atom. The molecule has 0 spiro atoms. The molecular weight excluding hydrogens is 570 g/mol. The van der Waals surface area contributed by atoms with Gasteiger partial charge >= 0.3 is 12.1 Å². The van der Waals surface area contributed by atoms with E-state index in [0.29, 0.717) is 22.8 Å². The number of carbonyl (C=O) groups is 2. The molecule has 0 atom stereocenters. The first-order valence-electron chi connectivity index (χ1n) is 12.2. The highest BCUT2D eigenvalue weighted by molar-refractivity contribution is 7.19. The van der Waals surface area contributed by atoms with Gasteiger partial charge in [-0.15, -0.1) is 11.3 Å². The molecule has 0 saturated heterocycles. The Bertz CT molecular complexity index is 1650. The van der Waals surface area contributed by atoms with E-state index in [1.54, 1.807) is 74.3 Å². The summed E-state index contributed by atoms with van der Waals surface area (Å²) in [5.41, 5.74) is 1.02. The lowest BCUT2D eigenvalue weighted by molar-refractivity contribution is -0.384. The van der Waals surface area contributed by atoms with Crippen molar-refractivity contribution < 1.29 is 24.4 Å². The first kappa shape index (κ1) is 29.3. The van der Waals surface area contributed by atoms with E-state index in [0.717, 1.165) is 16.9 Å². The summed E-state index contributed by atoms with van der Waals surface area (Å²) in [5.74, 6) is -1.25. The van der Waals surface area contributed by atoms with E-state index in [1.807, 2.05) is 0 Å². The summed E-state index contributed by atoms with van der Waals surface area (Å²) < 4.78 is 7.40. The van der Waals surface area contributed by atoms with Crippen LogP contribution in [0.1, 0.15) is 47.3 Å². The number of imidazole rings is 1. The fourth-order valence-electron chi connectivity index (χ4n) is 4.00. The van der Waals surface area contributed by atoms with E-state index < -0.39 is 22.6 Å². The molecular formula is C28H24ClN5O6S. The van der Waals surface area contributed by atoms with Crippen LogP contribution in [0.15, 0.2) is 61.1 Å². The fourth-order valence-corrected chi connectivity index (χ4v) is 5.22. The van der Waals surface area contributed by atoms with Crippen molar-refractivity contribution in [3.05, 3.63) is 97.9 Å². The number of carbonyl (C=O) groups excluding carboxylic acids is 1. The Morgan fingerprint density at radius 1 is 1.20 bits per heavy atom. The maximum Gasteiger partial charge on any atom is 0.415 e. The van der Waals surface area contributed by atoms with Crippen LogP contribution in [0.3, 0.4) is 0 Å². The number of nitrogens with zero attached hydrogens (tertiary/aromatic N) is 5. The smallest absolute Gasteiger partial charge is 0.415 e. The summed E-state index contributed by atoms with van der Waals surface area (Å²) in [6.07, 6.45) is 2.31. The maximum absolute atomic E-state index is 13.5. The second-order valence-electron chi connectivity index (χ2n) is 9.91. The van der Waals surface area contributed by atoms with E-state index in [4.69, 9.17) is 16.3 Å². The minimum absolute atomic E-state index is 0.00187. The van der Waals surface area contributed by atoms with Crippen molar-refractivity contribution in [1.29, 1.82) is 5.26 Å². The van der Waals surface area contributed by atoms with Gasteiger partial charge in [0.1, 0.15) is 21.5 Å². The number of nitro groups is 1. The zero-order valence-corrected chi connectivity index (χ0v) is 23.8. The SMILES string of the molecule is CC(C)(C)OC(=O)N(Cc1cncn1Cc1ccc([N+](=O)[O-])cc1)c1sc(C(=O)O)c(-c2ccc(Cl)cc2)c1C#N. The largest absolute Gasteiger partial charge is 0.477 e. The molecule has 0 unspecified atom stereocenters. The van der Waals surface area contributed by atoms with Gasteiger partial charge in [-0.2, -0.15) is 5.26 Å². The molecule has 1 amide bonds. The third-order valence-electron chi connectivity index (χ3n) is 5.81. The number of carboxylic acids is 1. The number of anilines is 1. The first-order chi connectivity index (χ1) is 19.4. The number of halogens is 1. The molecule has 4 aromatic rings. The molecule has 41 heavy (non-hydrogen) atoms. The minimum atomic E-state index is -1.25. The third kappa shape index (κ3) is 6.71. The van der Waals surface area contributed by atoms with Gasteiger partial charge in [0.05, 0.1) is 29.1 Å². The van der Waals surface area contributed by atoms with Crippen LogP contribution in [-0.4, -0.2) is 37.2 Å². The lowest BCUT2D eigenvalue weighted by atomic mass is 10.0. The van der Waals surface area contributed by atoms with Crippen LogP contribution in [-0.2, 0) is 17.8 Å². The monoisotopic (exact) mass is 593 g/mol. The van der Waals surface area contributed by atoms with E-state index in [1.165, 1.54) is 17.0 Å². The third-order valence-corrected chi connectivity index (χ3v) is 7.26. The van der Waals surface area contributed by atoms with Gasteiger partial charge in [0.25, 0.3) is 5.69 Å². The van der Waals surface area contributed by atoms with Crippen molar-refractivity contribution in [2.75, 3.05) is 4.90 Å². The van der Waals surface area contributed by atoms with E-state index in [2.05, 4.69) is 11.1 Å². The zero-order valence-electron chi connectivity index (χ0n) is 22.2. The van der Waals surface area contributed by atoms with Crippen LogP contribution in [0.25, 0.3) is 11.1 Å². The number of hydrogen-bond donors (Lipinski definition) is 1. The van der Waals surface area contributed by atoms with Crippen molar-refractivity contribution in [2.24, 2.45) is 0 Å². The second-order valence-corrected chi connectivity index (χ2v) is 11.3. The summed E-state index contributed by atoms with van der Waals surface area (Å²) in [6.45, 7) is 5.29. The molecule has 2 heterocycles. The van der Waals surface area contributed by atoms with Gasteiger partial charge in [-0.3, -0.25) is 15.0 Å². The van der Waals surface area contributed by atoms with Gasteiger partial charge in [0.2, 0.25) is 0 Å². The summed E-state index contributed by atoms with van der Waals surface area (Å²) >= 11 is 6.81. The van der Waals surface area contributed by atoms with Gasteiger partial charge in [0.15, 0.2) is 0 Å². The number of nitriles is 1. The highest BCUT2D eigenvalue weighted by Crippen LogP contribution is 2.43. The highest BCUT2D eigenvalue weighted by Gasteiger charge is 2.32. The van der Waals surface area contributed by atoms with Crippen molar-refractivity contribution in [1.82, 2.24) is 9.55 Å². The predicted octanol–water partition coefficient (Wildman–Crippen LogP) is 6.73. The summed E-state index contributed by atoms with van der Waals surface area (Å²) in [7, 11) is 0. The molecule has 0 aliphatic rings. The van der Waals surface area contributed by atoms with E-state index in [-0.39, 0.29) is 33.2 Å². The van der Waals surface area contributed by atoms with Crippen LogP contribution in [0.4, 0.5) is 15.5 Å². The molecule has 2 aromatic carbocycles. The average molecular weight is 594 g/mol. The van der Waals surface area contributed by atoms with Crippen molar-refractivity contribution in [3.63, 3.8) is 0 Å². The van der Waals surface area contributed by atoms with E-state index in [9.17, 15) is 30.1 Å². The standard InChI is InChI=1S/C28H24ClN5O6S/c1-28(2,3)40-27(37)33(15-21-13-31-16-32(21)14-17-4-10-20(11-5-17)34(38)39)25-22(12-30)23(24(41-25)26(35)36)18-6-8-19(29)9-7-18/h4-11,13,16H,14-15H2,1-3H3,(H,35,36). The maximum atomic E-state index is 13.5. The molecule has 0 aliphatic carbocycles. The number of rotatable bonds is 8. The number of thiophene rings is 1. The van der Waals surface area contributed by atoms with Crippen LogP contribution >= 0.6 is 22.9 Å². The first-order valence-corrected chi connectivity index (χ1v) is 13.4. The Morgan fingerprint density at radius 3 is 2.41 bits per heavy atom. The van der Waals surface area contributed by atoms with Gasteiger partial charge in [-0.1, -0.05) is 35.9 Å². The quantitative estimate of drug-likeness (QED) is 0.174. The molecule has 4 rings (SSSR count). The summed E-state index contributed by atoms with van der Waals surface area (Å²) in [4.78, 5) is 41.7. The van der Waals surface area contributed by atoms with Crippen LogP contribution in [0.2, 0.25) is 5.02 Å². The highest BCUT2D eigenvalue weighted by atomic mass is 35.5. The van der Waals surface area contributed by atoms with Gasteiger partial charge < -0.3 is 14.4 Å². The van der Waals surface area contributed by atoms with Crippen LogP contribution in [0.5, 0.6) is 0 Å². The van der Waals surface area contributed by atoms with Crippen molar-refractivity contribution in [3.8, 4) is 17.2 Å². The summed E-state index contributed by atoms with van der Waals surface area (Å²) in [5, 5.41) is 31.8. The molecule has 1 N–H and O–H groups in total. The fraction of sp³-hybridized carbons (Fsp3) is 0.214. The van der Waals surface area contributed by atoms with Crippen molar-refractivity contribution in [2.45, 2.75) is 39.5 Å². The number of amides is 1. The predicted molar refractivity (Wildman–Crippen MR) is 153 cm³/mol. The van der Waals surface area contributed by atoms with E-state index >= 15 is 0 Å².